The molecule has 2 aromatic carbocycles. The first-order valence-corrected chi connectivity index (χ1v) is 9.69. The topological polar surface area (TPSA) is 46.5 Å². The van der Waals surface area contributed by atoms with Crippen LogP contribution in [0.2, 0.25) is 0 Å². The molecule has 0 aromatic heterocycles. The van der Waals surface area contributed by atoms with E-state index in [0.717, 1.165) is 31.4 Å². The molecular weight excluding hydrogens is 336 g/mol. The molecule has 0 amide bonds. The van der Waals surface area contributed by atoms with E-state index < -0.39 is 5.97 Å². The maximum absolute atomic E-state index is 10.7. The molecule has 0 spiro atoms. The Morgan fingerprint density at radius 2 is 1.67 bits per heavy atom. The molecule has 0 aliphatic carbocycles. The van der Waals surface area contributed by atoms with Gasteiger partial charge in [-0.05, 0) is 72.9 Å². The van der Waals surface area contributed by atoms with Crippen LogP contribution in [0, 0.1) is 13.8 Å². The first-order chi connectivity index (χ1) is 13.0. The van der Waals surface area contributed by atoms with Crippen LogP contribution in [0.15, 0.2) is 48.0 Å². The zero-order chi connectivity index (χ0) is 19.2. The van der Waals surface area contributed by atoms with Crippen molar-refractivity contribution in [2.45, 2.75) is 46.0 Å². The lowest BCUT2D eigenvalue weighted by molar-refractivity contribution is -0.136. The van der Waals surface area contributed by atoms with Crippen molar-refractivity contribution >= 4 is 11.5 Å². The lowest BCUT2D eigenvalue weighted by Gasteiger charge is -2.22. The van der Waals surface area contributed by atoms with E-state index in [9.17, 15) is 4.79 Å². The molecule has 0 unspecified atom stereocenters. The fraction of sp³-hybridized carbons (Fsp3) is 0.375. The first-order valence-electron chi connectivity index (χ1n) is 9.69. The number of hydrogen-bond acceptors (Lipinski definition) is 2. The molecule has 0 saturated carbocycles. The SMILES string of the molecule is Cc1ccc(C2=C(CCc3ccc(CCC(=O)O)cc3)CCOC2)cc1C. The van der Waals surface area contributed by atoms with E-state index in [2.05, 4.69) is 56.3 Å². The second kappa shape index (κ2) is 9.01. The highest BCUT2D eigenvalue weighted by atomic mass is 16.5. The van der Waals surface area contributed by atoms with Gasteiger partial charge in [-0.15, -0.1) is 0 Å². The molecule has 1 aliphatic rings. The predicted octanol–water partition coefficient (Wildman–Crippen LogP) is 5.13. The van der Waals surface area contributed by atoms with E-state index in [1.54, 1.807) is 0 Å². The van der Waals surface area contributed by atoms with E-state index in [1.807, 2.05) is 0 Å². The van der Waals surface area contributed by atoms with Crippen LogP contribution in [0.1, 0.15) is 47.1 Å². The van der Waals surface area contributed by atoms with Gasteiger partial charge in [-0.1, -0.05) is 48.0 Å². The molecule has 3 nitrogen and oxygen atoms in total. The highest BCUT2D eigenvalue weighted by Crippen LogP contribution is 2.29. The van der Waals surface area contributed by atoms with Crippen molar-refractivity contribution in [1.29, 1.82) is 0 Å². The van der Waals surface area contributed by atoms with E-state index in [-0.39, 0.29) is 6.42 Å². The minimum Gasteiger partial charge on any atom is -0.481 e. The summed E-state index contributed by atoms with van der Waals surface area (Å²) in [6, 6.07) is 15.1. The zero-order valence-electron chi connectivity index (χ0n) is 16.3. The predicted molar refractivity (Wildman–Crippen MR) is 109 cm³/mol. The zero-order valence-corrected chi connectivity index (χ0v) is 16.3. The number of carboxylic acids is 1. The van der Waals surface area contributed by atoms with Gasteiger partial charge < -0.3 is 9.84 Å². The third-order valence-corrected chi connectivity index (χ3v) is 5.44. The first kappa shape index (κ1) is 19.4. The fourth-order valence-electron chi connectivity index (χ4n) is 3.53. The maximum atomic E-state index is 10.7. The highest BCUT2D eigenvalue weighted by molar-refractivity contribution is 5.71. The van der Waals surface area contributed by atoms with Crippen LogP contribution in [0.5, 0.6) is 0 Å². The summed E-state index contributed by atoms with van der Waals surface area (Å²) < 4.78 is 5.75. The number of carbonyl (C=O) groups is 1. The number of rotatable bonds is 7. The standard InChI is InChI=1S/C24H28O3/c1-17-3-10-22(15-18(17)2)23-16-27-14-13-21(23)11-8-19-4-6-20(7-5-19)9-12-24(25)26/h3-7,10,15H,8-9,11-14,16H2,1-2H3,(H,25,26). The molecule has 0 bridgehead atoms. The van der Waals surface area contributed by atoms with Crippen LogP contribution in [0.3, 0.4) is 0 Å². The number of carboxylic acid groups (broad SMARTS) is 1. The van der Waals surface area contributed by atoms with Gasteiger partial charge in [0.05, 0.1) is 13.2 Å². The number of hydrogen-bond donors (Lipinski definition) is 1. The third-order valence-electron chi connectivity index (χ3n) is 5.44. The smallest absolute Gasteiger partial charge is 0.303 e. The van der Waals surface area contributed by atoms with Crippen molar-refractivity contribution in [2.24, 2.45) is 0 Å². The molecule has 0 saturated heterocycles. The van der Waals surface area contributed by atoms with Gasteiger partial charge in [0.15, 0.2) is 0 Å². The summed E-state index contributed by atoms with van der Waals surface area (Å²) in [4.78, 5) is 10.7. The maximum Gasteiger partial charge on any atom is 0.303 e. The molecule has 2 aromatic rings. The average molecular weight is 364 g/mol. The third kappa shape index (κ3) is 5.30. The van der Waals surface area contributed by atoms with Gasteiger partial charge in [0.2, 0.25) is 0 Å². The molecular formula is C24H28O3. The van der Waals surface area contributed by atoms with Crippen molar-refractivity contribution in [3.05, 3.63) is 75.9 Å². The van der Waals surface area contributed by atoms with Gasteiger partial charge in [-0.25, -0.2) is 0 Å². The van der Waals surface area contributed by atoms with Crippen LogP contribution in [-0.2, 0) is 22.4 Å². The molecule has 3 rings (SSSR count). The molecule has 1 N–H and O–H groups in total. The summed E-state index contributed by atoms with van der Waals surface area (Å²) in [5.41, 5.74) is 9.16. The largest absolute Gasteiger partial charge is 0.481 e. The van der Waals surface area contributed by atoms with Crippen LogP contribution in [0.25, 0.3) is 5.57 Å². The number of ether oxygens (including phenoxy) is 1. The minimum absolute atomic E-state index is 0.186. The lowest BCUT2D eigenvalue weighted by Crippen LogP contribution is -2.11. The Morgan fingerprint density at radius 3 is 2.33 bits per heavy atom. The Balaban J connectivity index is 1.69. The summed E-state index contributed by atoms with van der Waals surface area (Å²) >= 11 is 0. The van der Waals surface area contributed by atoms with Crippen molar-refractivity contribution < 1.29 is 14.6 Å². The highest BCUT2D eigenvalue weighted by Gasteiger charge is 2.15. The van der Waals surface area contributed by atoms with E-state index in [1.165, 1.54) is 33.4 Å². The van der Waals surface area contributed by atoms with Crippen LogP contribution < -0.4 is 0 Å². The second-order valence-corrected chi connectivity index (χ2v) is 7.39. The Morgan fingerprint density at radius 1 is 0.963 bits per heavy atom. The summed E-state index contributed by atoms with van der Waals surface area (Å²) in [7, 11) is 0. The molecule has 1 aliphatic heterocycles. The summed E-state index contributed by atoms with van der Waals surface area (Å²) in [6.07, 6.45) is 3.82. The van der Waals surface area contributed by atoms with Crippen molar-refractivity contribution in [3.8, 4) is 0 Å². The van der Waals surface area contributed by atoms with Gasteiger partial charge in [0.25, 0.3) is 0 Å². The molecule has 1 heterocycles. The summed E-state index contributed by atoms with van der Waals surface area (Å²) in [5.74, 6) is -0.746. The lowest BCUT2D eigenvalue weighted by atomic mass is 9.91. The van der Waals surface area contributed by atoms with Gasteiger partial charge >= 0.3 is 5.97 Å². The van der Waals surface area contributed by atoms with Gasteiger partial charge in [-0.2, -0.15) is 0 Å². The van der Waals surface area contributed by atoms with Crippen molar-refractivity contribution in [1.82, 2.24) is 0 Å². The van der Waals surface area contributed by atoms with Crippen LogP contribution in [0.4, 0.5) is 0 Å². The molecule has 142 valence electrons. The number of benzene rings is 2. The summed E-state index contributed by atoms with van der Waals surface area (Å²) in [6.45, 7) is 5.81. The van der Waals surface area contributed by atoms with Gasteiger partial charge in [0, 0.05) is 6.42 Å². The Bertz CT molecular complexity index is 831. The van der Waals surface area contributed by atoms with Crippen molar-refractivity contribution in [3.63, 3.8) is 0 Å². The monoisotopic (exact) mass is 364 g/mol. The van der Waals surface area contributed by atoms with Gasteiger partial charge in [0.1, 0.15) is 0 Å². The minimum atomic E-state index is -0.746. The molecule has 3 heteroatoms. The average Bonchev–Trinajstić information content (AvgIpc) is 2.68. The van der Waals surface area contributed by atoms with Crippen LogP contribution in [-0.4, -0.2) is 24.3 Å². The Labute approximate surface area is 161 Å². The van der Waals surface area contributed by atoms with Crippen LogP contribution >= 0.6 is 0 Å². The Kier molecular flexibility index (Phi) is 6.46. The normalized spacial score (nSPS) is 14.4. The molecule has 0 fully saturated rings. The number of aryl methyl sites for hydroxylation is 4. The van der Waals surface area contributed by atoms with Gasteiger partial charge in [-0.3, -0.25) is 4.79 Å². The summed E-state index contributed by atoms with van der Waals surface area (Å²) in [5, 5.41) is 8.79. The quantitative estimate of drug-likeness (QED) is 0.741. The number of aliphatic carboxylic acids is 1. The Hall–Kier alpha value is -2.39. The fourth-order valence-corrected chi connectivity index (χ4v) is 3.53. The van der Waals surface area contributed by atoms with E-state index >= 15 is 0 Å². The molecule has 0 radical (unpaired) electrons. The van der Waals surface area contributed by atoms with E-state index in [4.69, 9.17) is 9.84 Å². The second-order valence-electron chi connectivity index (χ2n) is 7.39. The molecule has 27 heavy (non-hydrogen) atoms. The molecule has 0 atom stereocenters. The van der Waals surface area contributed by atoms with E-state index in [0.29, 0.717) is 13.0 Å². The van der Waals surface area contributed by atoms with Crippen molar-refractivity contribution in [2.75, 3.05) is 13.2 Å².